The molecule has 0 spiro atoms. The van der Waals surface area contributed by atoms with Crippen LogP contribution in [0.2, 0.25) is 0 Å². The van der Waals surface area contributed by atoms with E-state index in [1.165, 1.54) is 0 Å². The third kappa shape index (κ3) is 5.19. The molecule has 5 atom stereocenters. The number of carbonyl (C=O) groups excluding carboxylic acids is 3. The van der Waals surface area contributed by atoms with Crippen molar-refractivity contribution < 1.29 is 19.5 Å². The molecule has 1 aliphatic carbocycles. The number of allylic oxidation sites excluding steroid dienone is 1. The number of nitrogens with zero attached hydrogens (tertiary/aromatic N) is 1. The predicted octanol–water partition coefficient (Wildman–Crippen LogP) is 3.20. The molecule has 1 aromatic rings. The number of para-hydroxylation sites is 1. The van der Waals surface area contributed by atoms with Crippen molar-refractivity contribution in [1.29, 1.82) is 0 Å². The first-order valence-electron chi connectivity index (χ1n) is 12.5. The molecular formula is C27H39N3O4. The zero-order valence-corrected chi connectivity index (χ0v) is 20.8. The van der Waals surface area contributed by atoms with Gasteiger partial charge in [0.2, 0.25) is 17.7 Å². The van der Waals surface area contributed by atoms with E-state index in [9.17, 15) is 14.4 Å². The number of aliphatic hydroxyl groups excluding tert-OH is 1. The number of rotatable bonds is 10. The molecule has 0 bridgehead atoms. The maximum absolute atomic E-state index is 13.7. The number of aliphatic hydroxyl groups is 1. The van der Waals surface area contributed by atoms with Crippen LogP contribution in [0.4, 0.5) is 5.69 Å². The van der Waals surface area contributed by atoms with Gasteiger partial charge in [-0.2, -0.15) is 0 Å². The molecule has 3 amide bonds. The second-order valence-corrected chi connectivity index (χ2v) is 9.57. The van der Waals surface area contributed by atoms with Gasteiger partial charge in [-0.1, -0.05) is 50.1 Å². The lowest BCUT2D eigenvalue weighted by atomic mass is 9.69. The van der Waals surface area contributed by atoms with Gasteiger partial charge in [-0.15, -0.1) is 0 Å². The van der Waals surface area contributed by atoms with Crippen molar-refractivity contribution in [3.05, 3.63) is 41.5 Å². The monoisotopic (exact) mass is 469 g/mol. The van der Waals surface area contributed by atoms with Gasteiger partial charge in [-0.3, -0.25) is 14.4 Å². The average Bonchev–Trinajstić information content (AvgIpc) is 3.11. The number of hydrogen-bond donors (Lipinski definition) is 3. The smallest absolute Gasteiger partial charge is 0.247 e. The van der Waals surface area contributed by atoms with Gasteiger partial charge in [-0.25, -0.2) is 0 Å². The van der Waals surface area contributed by atoms with E-state index in [0.29, 0.717) is 6.54 Å². The first kappa shape index (κ1) is 25.9. The summed E-state index contributed by atoms with van der Waals surface area (Å²) in [6.07, 6.45) is 8.01. The molecule has 0 radical (unpaired) electrons. The van der Waals surface area contributed by atoms with E-state index in [2.05, 4.69) is 10.6 Å². The van der Waals surface area contributed by atoms with Crippen LogP contribution in [0.5, 0.6) is 0 Å². The number of unbranched alkanes of at least 4 members (excludes halogenated alkanes) is 3. The maximum atomic E-state index is 13.7. The molecular weight excluding hydrogens is 430 g/mol. The quantitative estimate of drug-likeness (QED) is 0.362. The molecule has 3 N–H and O–H groups in total. The van der Waals surface area contributed by atoms with Crippen LogP contribution >= 0.6 is 0 Å². The zero-order valence-electron chi connectivity index (χ0n) is 20.8. The zero-order chi connectivity index (χ0) is 24.8. The number of aryl methyl sites for hydroxylation is 2. The highest BCUT2D eigenvalue weighted by Crippen LogP contribution is 2.45. The summed E-state index contributed by atoms with van der Waals surface area (Å²) in [5.41, 5.74) is 2.72. The molecule has 1 fully saturated rings. The second kappa shape index (κ2) is 11.6. The minimum Gasteiger partial charge on any atom is -0.396 e. The first-order valence-corrected chi connectivity index (χ1v) is 12.5. The van der Waals surface area contributed by atoms with Gasteiger partial charge >= 0.3 is 0 Å². The van der Waals surface area contributed by atoms with Crippen molar-refractivity contribution in [2.45, 2.75) is 58.9 Å². The molecule has 0 aromatic heterocycles. The summed E-state index contributed by atoms with van der Waals surface area (Å²) in [6.45, 7) is 6.56. The Labute approximate surface area is 203 Å². The third-order valence-corrected chi connectivity index (χ3v) is 7.44. The summed E-state index contributed by atoms with van der Waals surface area (Å²) in [7, 11) is 1.60. The number of benzene rings is 1. The lowest BCUT2D eigenvalue weighted by Crippen LogP contribution is -2.45. The number of hydrogen-bond acceptors (Lipinski definition) is 4. The summed E-state index contributed by atoms with van der Waals surface area (Å²) in [5.74, 6) is -1.85. The fourth-order valence-electron chi connectivity index (χ4n) is 5.61. The van der Waals surface area contributed by atoms with Crippen molar-refractivity contribution >= 4 is 23.4 Å². The second-order valence-electron chi connectivity index (χ2n) is 9.57. The van der Waals surface area contributed by atoms with Crippen molar-refractivity contribution in [2.75, 3.05) is 25.5 Å². The van der Waals surface area contributed by atoms with Crippen molar-refractivity contribution in [2.24, 2.45) is 23.7 Å². The number of amides is 3. The van der Waals surface area contributed by atoms with Crippen LogP contribution in [0.3, 0.4) is 0 Å². The van der Waals surface area contributed by atoms with E-state index >= 15 is 0 Å². The Balaban J connectivity index is 1.93. The maximum Gasteiger partial charge on any atom is 0.247 e. The van der Waals surface area contributed by atoms with Gasteiger partial charge in [0.05, 0.1) is 11.8 Å². The number of carbonyl (C=O) groups is 3. The normalized spacial score (nSPS) is 25.9. The van der Waals surface area contributed by atoms with Crippen molar-refractivity contribution in [1.82, 2.24) is 10.2 Å². The predicted molar refractivity (Wildman–Crippen MR) is 133 cm³/mol. The fraction of sp³-hybridized carbons (Fsp3) is 0.593. The van der Waals surface area contributed by atoms with Gasteiger partial charge in [0.15, 0.2) is 0 Å². The average molecular weight is 470 g/mol. The van der Waals surface area contributed by atoms with Crippen LogP contribution in [-0.4, -0.2) is 54.0 Å². The molecule has 7 heteroatoms. The van der Waals surface area contributed by atoms with Crippen molar-refractivity contribution in [3.63, 3.8) is 0 Å². The molecule has 1 saturated heterocycles. The third-order valence-electron chi connectivity index (χ3n) is 7.44. The topological polar surface area (TPSA) is 98.7 Å². The van der Waals surface area contributed by atoms with Crippen LogP contribution in [0.15, 0.2) is 30.4 Å². The molecule has 1 heterocycles. The molecule has 1 aliphatic heterocycles. The Hall–Kier alpha value is -2.67. The molecule has 0 unspecified atom stereocenters. The molecule has 3 rings (SSSR count). The SMILES string of the molecule is CC[C@@H]1C=C[C@H]2[C@@H](C(=O)N(CCCCCCO)[C@@H]2C(=O)Nc2c(C)cccc2C)[C@@H]1C(=O)NC. The first-order chi connectivity index (χ1) is 16.3. The van der Waals surface area contributed by atoms with Crippen LogP contribution < -0.4 is 10.6 Å². The Kier molecular flexibility index (Phi) is 8.89. The Morgan fingerprint density at radius 3 is 2.32 bits per heavy atom. The minimum atomic E-state index is -0.657. The van der Waals surface area contributed by atoms with E-state index in [1.54, 1.807) is 11.9 Å². The van der Waals surface area contributed by atoms with E-state index in [0.717, 1.165) is 48.9 Å². The largest absolute Gasteiger partial charge is 0.396 e. The minimum absolute atomic E-state index is 0.0306. The fourth-order valence-corrected chi connectivity index (χ4v) is 5.61. The molecule has 0 saturated carbocycles. The molecule has 2 aliphatic rings. The van der Waals surface area contributed by atoms with Gasteiger partial charge in [0, 0.05) is 31.8 Å². The van der Waals surface area contributed by atoms with E-state index in [4.69, 9.17) is 5.11 Å². The van der Waals surface area contributed by atoms with Crippen LogP contribution in [0.25, 0.3) is 0 Å². The Morgan fingerprint density at radius 1 is 1.03 bits per heavy atom. The number of anilines is 1. The number of fused-ring (bicyclic) bond motifs is 1. The Morgan fingerprint density at radius 2 is 1.71 bits per heavy atom. The highest BCUT2D eigenvalue weighted by atomic mass is 16.3. The lowest BCUT2D eigenvalue weighted by molar-refractivity contribution is -0.140. The van der Waals surface area contributed by atoms with Crippen molar-refractivity contribution in [3.8, 4) is 0 Å². The van der Waals surface area contributed by atoms with Gasteiger partial charge in [-0.05, 0) is 50.2 Å². The van der Waals surface area contributed by atoms with Crippen LogP contribution in [0, 0.1) is 37.5 Å². The van der Waals surface area contributed by atoms with Crippen LogP contribution in [0.1, 0.15) is 50.2 Å². The highest BCUT2D eigenvalue weighted by Gasteiger charge is 2.56. The van der Waals surface area contributed by atoms with Gasteiger partial charge < -0.3 is 20.6 Å². The standard InChI is InChI=1S/C27H39N3O4/c1-5-19-13-14-20-22(21(19)25(32)28-4)27(34)30(15-8-6-7-9-16-31)24(20)26(33)29-23-17(2)11-10-12-18(23)3/h10-14,19-22,24,31H,5-9,15-16H2,1-4H3,(H,28,32)(H,29,33)/t19-,20+,21-,22-,24+/m1/s1. The number of nitrogens with one attached hydrogen (secondary N) is 2. The van der Waals surface area contributed by atoms with Gasteiger partial charge in [0.25, 0.3) is 0 Å². The number of likely N-dealkylation sites (tertiary alicyclic amines) is 1. The summed E-state index contributed by atoms with van der Waals surface area (Å²) >= 11 is 0. The highest BCUT2D eigenvalue weighted by molar-refractivity contribution is 6.02. The molecule has 186 valence electrons. The summed E-state index contributed by atoms with van der Waals surface area (Å²) < 4.78 is 0. The molecule has 1 aromatic carbocycles. The van der Waals surface area contributed by atoms with E-state index in [-0.39, 0.29) is 36.2 Å². The summed E-state index contributed by atoms with van der Waals surface area (Å²) in [6, 6.07) is 5.21. The lowest BCUT2D eigenvalue weighted by Gasteiger charge is -2.33. The van der Waals surface area contributed by atoms with Crippen LogP contribution in [-0.2, 0) is 14.4 Å². The van der Waals surface area contributed by atoms with E-state index < -0.39 is 17.9 Å². The molecule has 7 nitrogen and oxygen atoms in total. The molecule has 34 heavy (non-hydrogen) atoms. The summed E-state index contributed by atoms with van der Waals surface area (Å²) in [4.78, 5) is 42.0. The summed E-state index contributed by atoms with van der Waals surface area (Å²) in [5, 5.41) is 14.9. The van der Waals surface area contributed by atoms with Gasteiger partial charge in [0.1, 0.15) is 6.04 Å². The van der Waals surface area contributed by atoms with E-state index in [1.807, 2.05) is 51.1 Å². The Bertz CT molecular complexity index is 908.